The highest BCUT2D eigenvalue weighted by molar-refractivity contribution is 9.10. The van der Waals surface area contributed by atoms with Gasteiger partial charge in [0.25, 0.3) is 0 Å². The van der Waals surface area contributed by atoms with Crippen molar-refractivity contribution in [2.24, 2.45) is 12.0 Å². The van der Waals surface area contributed by atoms with E-state index in [0.717, 1.165) is 48.2 Å². The van der Waals surface area contributed by atoms with Gasteiger partial charge in [-0.15, -0.1) is 10.2 Å². The number of nitrogens with zero attached hydrogens (tertiary/aromatic N) is 4. The second kappa shape index (κ2) is 9.52. The summed E-state index contributed by atoms with van der Waals surface area (Å²) in [5.41, 5.74) is 1.57. The number of halogens is 1. The third kappa shape index (κ3) is 5.32. The van der Waals surface area contributed by atoms with E-state index in [2.05, 4.69) is 61.0 Å². The van der Waals surface area contributed by atoms with Crippen LogP contribution in [0.4, 0.5) is 0 Å². The number of aryl methyl sites for hydroxylation is 1. The zero-order valence-corrected chi connectivity index (χ0v) is 18.4. The molecule has 2 aromatic rings. The lowest BCUT2D eigenvalue weighted by Crippen LogP contribution is -2.42. The summed E-state index contributed by atoms with van der Waals surface area (Å²) < 4.78 is 8.23. The van der Waals surface area contributed by atoms with E-state index in [0.29, 0.717) is 6.54 Å². The number of aliphatic imine (C=N–C) groups is 1. The molecule has 1 aliphatic rings. The summed E-state index contributed by atoms with van der Waals surface area (Å²) in [6.45, 7) is 4.82. The number of ether oxygens (including phenoxy) is 1. The van der Waals surface area contributed by atoms with Gasteiger partial charge in [0.05, 0.1) is 0 Å². The highest BCUT2D eigenvalue weighted by atomic mass is 79.9. The van der Waals surface area contributed by atoms with Crippen molar-refractivity contribution in [3.05, 3.63) is 46.0 Å². The number of benzene rings is 1. The third-order valence-electron chi connectivity index (χ3n) is 5.26. The van der Waals surface area contributed by atoms with Crippen LogP contribution in [-0.2, 0) is 23.7 Å². The Morgan fingerprint density at radius 1 is 1.32 bits per heavy atom. The Morgan fingerprint density at radius 2 is 2.14 bits per heavy atom. The van der Waals surface area contributed by atoms with Crippen molar-refractivity contribution < 1.29 is 4.74 Å². The molecule has 1 fully saturated rings. The van der Waals surface area contributed by atoms with E-state index in [1.165, 1.54) is 18.4 Å². The molecule has 0 bridgehead atoms. The number of rotatable bonds is 9. The number of methoxy groups -OCH3 is 1. The minimum absolute atomic E-state index is 0.195. The van der Waals surface area contributed by atoms with Gasteiger partial charge in [-0.05, 0) is 43.9 Å². The van der Waals surface area contributed by atoms with Crippen LogP contribution in [0.3, 0.4) is 0 Å². The summed E-state index contributed by atoms with van der Waals surface area (Å²) in [5, 5.41) is 15.3. The Hall–Kier alpha value is -1.93. The lowest BCUT2D eigenvalue weighted by Gasteiger charge is -2.19. The number of hydrogen-bond donors (Lipinski definition) is 2. The van der Waals surface area contributed by atoms with Crippen LogP contribution in [-0.4, -0.2) is 47.5 Å². The highest BCUT2D eigenvalue weighted by Gasteiger charge is 2.44. The molecule has 8 heteroatoms. The zero-order chi connectivity index (χ0) is 20.0. The van der Waals surface area contributed by atoms with Crippen LogP contribution in [0.25, 0.3) is 0 Å². The normalized spacial score (nSPS) is 15.5. The summed E-state index contributed by atoms with van der Waals surface area (Å²) in [4.78, 5) is 4.73. The Balaban J connectivity index is 1.64. The van der Waals surface area contributed by atoms with Gasteiger partial charge in [-0.2, -0.15) is 0 Å². The molecule has 0 atom stereocenters. The van der Waals surface area contributed by atoms with E-state index >= 15 is 0 Å². The maximum absolute atomic E-state index is 5.14. The van der Waals surface area contributed by atoms with Gasteiger partial charge in [0.2, 0.25) is 0 Å². The second-order valence-corrected chi connectivity index (χ2v) is 8.22. The molecule has 1 saturated carbocycles. The monoisotopic (exact) mass is 448 g/mol. The number of guanidine groups is 1. The molecule has 3 rings (SSSR count). The zero-order valence-electron chi connectivity index (χ0n) is 16.8. The van der Waals surface area contributed by atoms with Crippen molar-refractivity contribution in [2.45, 2.75) is 38.1 Å². The summed E-state index contributed by atoms with van der Waals surface area (Å²) in [7, 11) is 3.68. The van der Waals surface area contributed by atoms with E-state index in [4.69, 9.17) is 9.73 Å². The first-order chi connectivity index (χ1) is 13.5. The van der Waals surface area contributed by atoms with Crippen molar-refractivity contribution in [3.63, 3.8) is 0 Å². The Morgan fingerprint density at radius 3 is 2.79 bits per heavy atom. The fraction of sp³-hybridized carbons (Fsp3) is 0.550. The summed E-state index contributed by atoms with van der Waals surface area (Å²) in [6.07, 6.45) is 3.31. The highest BCUT2D eigenvalue weighted by Crippen LogP contribution is 2.48. The average molecular weight is 449 g/mol. The van der Waals surface area contributed by atoms with Crippen LogP contribution in [0.5, 0.6) is 0 Å². The quantitative estimate of drug-likeness (QED) is 0.350. The predicted octanol–water partition coefficient (Wildman–Crippen LogP) is 2.69. The van der Waals surface area contributed by atoms with Gasteiger partial charge in [-0.25, -0.2) is 4.99 Å². The minimum atomic E-state index is 0.195. The summed E-state index contributed by atoms with van der Waals surface area (Å²) in [6, 6.07) is 8.61. The van der Waals surface area contributed by atoms with E-state index in [-0.39, 0.29) is 5.41 Å². The van der Waals surface area contributed by atoms with E-state index in [9.17, 15) is 0 Å². The molecule has 0 radical (unpaired) electrons. The molecule has 152 valence electrons. The molecule has 2 N–H and O–H groups in total. The van der Waals surface area contributed by atoms with Crippen molar-refractivity contribution in [1.82, 2.24) is 25.4 Å². The second-order valence-electron chi connectivity index (χ2n) is 7.30. The fourth-order valence-electron chi connectivity index (χ4n) is 3.13. The van der Waals surface area contributed by atoms with Gasteiger partial charge in [0, 0.05) is 43.7 Å². The van der Waals surface area contributed by atoms with Crippen molar-refractivity contribution in [1.29, 1.82) is 0 Å². The first-order valence-corrected chi connectivity index (χ1v) is 10.5. The minimum Gasteiger partial charge on any atom is -0.385 e. The molecule has 0 saturated heterocycles. The first kappa shape index (κ1) is 20.8. The van der Waals surface area contributed by atoms with Crippen LogP contribution >= 0.6 is 15.9 Å². The largest absolute Gasteiger partial charge is 0.385 e. The van der Waals surface area contributed by atoms with Crippen LogP contribution in [0.1, 0.15) is 36.5 Å². The van der Waals surface area contributed by atoms with Gasteiger partial charge in [-0.3, -0.25) is 0 Å². The number of hydrogen-bond acceptors (Lipinski definition) is 4. The smallest absolute Gasteiger partial charge is 0.191 e. The van der Waals surface area contributed by atoms with Gasteiger partial charge in [0.15, 0.2) is 11.8 Å². The number of nitrogens with one attached hydrogen (secondary N) is 2. The van der Waals surface area contributed by atoms with Crippen LogP contribution < -0.4 is 10.6 Å². The van der Waals surface area contributed by atoms with E-state index < -0.39 is 0 Å². The Labute approximate surface area is 175 Å². The Bertz CT molecular complexity index is 815. The lowest BCUT2D eigenvalue weighted by atomic mass is 9.96. The van der Waals surface area contributed by atoms with Crippen molar-refractivity contribution in [3.8, 4) is 0 Å². The standard InChI is InChI=1S/C20H29BrN6O/c1-15-25-26-18(27(15)2)13-23-19(22-10-5-11-28-3)24-14-20(8-9-20)16-6-4-7-17(21)12-16/h4,6-7,12H,5,8-11,13-14H2,1-3H3,(H2,22,23,24). The maximum Gasteiger partial charge on any atom is 0.191 e. The predicted molar refractivity (Wildman–Crippen MR) is 114 cm³/mol. The molecule has 1 aliphatic carbocycles. The molecule has 0 spiro atoms. The third-order valence-corrected chi connectivity index (χ3v) is 5.76. The SMILES string of the molecule is COCCCNC(=NCc1nnc(C)n1C)NCC1(c2cccc(Br)c2)CC1. The summed E-state index contributed by atoms with van der Waals surface area (Å²) in [5.74, 6) is 2.54. The number of aromatic nitrogens is 3. The molecule has 7 nitrogen and oxygen atoms in total. The molecule has 1 aromatic carbocycles. The maximum atomic E-state index is 5.14. The van der Waals surface area contributed by atoms with Crippen molar-refractivity contribution in [2.75, 3.05) is 26.8 Å². The van der Waals surface area contributed by atoms with Crippen molar-refractivity contribution >= 4 is 21.9 Å². The molecule has 1 heterocycles. The topological polar surface area (TPSA) is 76.4 Å². The molecular formula is C20H29BrN6O. The fourth-order valence-corrected chi connectivity index (χ4v) is 3.52. The van der Waals surface area contributed by atoms with Crippen LogP contribution in [0.15, 0.2) is 33.7 Å². The van der Waals surface area contributed by atoms with Gasteiger partial charge in [0.1, 0.15) is 12.4 Å². The van der Waals surface area contributed by atoms with Crippen LogP contribution in [0.2, 0.25) is 0 Å². The lowest BCUT2D eigenvalue weighted by molar-refractivity contribution is 0.195. The van der Waals surface area contributed by atoms with Gasteiger partial charge < -0.3 is 19.9 Å². The molecule has 0 amide bonds. The molecule has 0 aliphatic heterocycles. The molecule has 0 unspecified atom stereocenters. The first-order valence-electron chi connectivity index (χ1n) is 9.66. The summed E-state index contributed by atoms with van der Waals surface area (Å²) >= 11 is 3.59. The van der Waals surface area contributed by atoms with E-state index in [1.54, 1.807) is 7.11 Å². The molecule has 28 heavy (non-hydrogen) atoms. The van der Waals surface area contributed by atoms with Gasteiger partial charge in [-0.1, -0.05) is 28.1 Å². The molecule has 1 aromatic heterocycles. The molecular weight excluding hydrogens is 420 g/mol. The Kier molecular flexibility index (Phi) is 7.07. The van der Waals surface area contributed by atoms with Crippen LogP contribution in [0, 0.1) is 6.92 Å². The average Bonchev–Trinajstić information content (AvgIpc) is 3.42. The van der Waals surface area contributed by atoms with Gasteiger partial charge >= 0.3 is 0 Å². The van der Waals surface area contributed by atoms with E-state index in [1.807, 2.05) is 18.5 Å².